The molecule has 1 aromatic carbocycles. The van der Waals surface area contributed by atoms with E-state index in [1.165, 1.54) is 14.9 Å². The zero-order valence-corrected chi connectivity index (χ0v) is 15.0. The largest absolute Gasteiger partial charge is 0.271 e. The van der Waals surface area contributed by atoms with E-state index in [1.54, 1.807) is 11.3 Å². The molecule has 3 atom stereocenters. The van der Waals surface area contributed by atoms with Gasteiger partial charge in [-0.05, 0) is 38.9 Å². The molecule has 0 aliphatic heterocycles. The minimum atomic E-state index is 0.234. The van der Waals surface area contributed by atoms with E-state index in [9.17, 15) is 0 Å². The molecule has 0 aliphatic rings. The molecule has 0 bridgehead atoms. The van der Waals surface area contributed by atoms with Gasteiger partial charge in [0.05, 0.1) is 0 Å². The number of hydrazine groups is 1. The molecule has 0 spiro atoms. The molecule has 2 aromatic rings. The van der Waals surface area contributed by atoms with Crippen LogP contribution in [0.4, 0.5) is 0 Å². The summed E-state index contributed by atoms with van der Waals surface area (Å²) in [5, 5.41) is 2.12. The third-order valence-electron chi connectivity index (χ3n) is 4.19. The Balaban J connectivity index is 2.27. The Hall–Kier alpha value is -0.680. The van der Waals surface area contributed by atoms with Crippen LogP contribution in [0.3, 0.4) is 0 Å². The van der Waals surface area contributed by atoms with Gasteiger partial charge in [0, 0.05) is 27.7 Å². The summed E-state index contributed by atoms with van der Waals surface area (Å²) in [6.45, 7) is 4.56. The van der Waals surface area contributed by atoms with E-state index in [0.29, 0.717) is 11.8 Å². The lowest BCUT2D eigenvalue weighted by Gasteiger charge is -2.31. The second kappa shape index (κ2) is 8.08. The molecule has 3 N–H and O–H groups in total. The van der Waals surface area contributed by atoms with E-state index in [1.807, 2.05) is 0 Å². The Labute approximate surface area is 139 Å². The molecule has 1 aromatic heterocycles. The lowest BCUT2D eigenvalue weighted by Crippen LogP contribution is -2.43. The number of hydrogen-bond acceptors (Lipinski definition) is 3. The SMILES string of the molecule is CCC(C)C(c1ccccc1)C(Cc1sccc1Br)NN. The second-order valence-corrected chi connectivity index (χ2v) is 7.35. The van der Waals surface area contributed by atoms with Gasteiger partial charge >= 0.3 is 0 Å². The third-order valence-corrected chi connectivity index (χ3v) is 6.13. The average Bonchev–Trinajstić information content (AvgIpc) is 2.92. The summed E-state index contributed by atoms with van der Waals surface area (Å²) in [6, 6.07) is 13.1. The summed E-state index contributed by atoms with van der Waals surface area (Å²) in [4.78, 5) is 1.35. The van der Waals surface area contributed by atoms with Gasteiger partial charge in [0.2, 0.25) is 0 Å². The van der Waals surface area contributed by atoms with Crippen molar-refractivity contribution in [3.8, 4) is 0 Å². The molecular formula is C17H23BrN2S. The Bertz CT molecular complexity index is 541. The molecule has 0 amide bonds. The predicted octanol–water partition coefficient (Wildman–Crippen LogP) is 4.71. The molecule has 0 radical (unpaired) electrons. The van der Waals surface area contributed by atoms with E-state index >= 15 is 0 Å². The van der Waals surface area contributed by atoms with Gasteiger partial charge in [0.15, 0.2) is 0 Å². The van der Waals surface area contributed by atoms with Crippen molar-refractivity contribution < 1.29 is 0 Å². The van der Waals surface area contributed by atoms with Crippen LogP contribution in [-0.2, 0) is 6.42 Å². The van der Waals surface area contributed by atoms with Gasteiger partial charge in [0.1, 0.15) is 0 Å². The van der Waals surface area contributed by atoms with Gasteiger partial charge in [-0.2, -0.15) is 0 Å². The highest BCUT2D eigenvalue weighted by atomic mass is 79.9. The van der Waals surface area contributed by atoms with Crippen LogP contribution in [0.25, 0.3) is 0 Å². The van der Waals surface area contributed by atoms with E-state index in [-0.39, 0.29) is 6.04 Å². The smallest absolute Gasteiger partial charge is 0.0330 e. The summed E-state index contributed by atoms with van der Waals surface area (Å²) in [7, 11) is 0. The van der Waals surface area contributed by atoms with E-state index in [4.69, 9.17) is 5.84 Å². The quantitative estimate of drug-likeness (QED) is 0.549. The normalized spacial score (nSPS) is 15.6. The number of thiophene rings is 1. The summed E-state index contributed by atoms with van der Waals surface area (Å²) >= 11 is 5.41. The summed E-state index contributed by atoms with van der Waals surface area (Å²) in [5.41, 5.74) is 4.43. The fourth-order valence-electron chi connectivity index (χ4n) is 2.85. The van der Waals surface area contributed by atoms with Crippen molar-refractivity contribution in [1.82, 2.24) is 5.43 Å². The van der Waals surface area contributed by atoms with Gasteiger partial charge in [-0.15, -0.1) is 11.3 Å². The van der Waals surface area contributed by atoms with Crippen molar-refractivity contribution >= 4 is 27.3 Å². The van der Waals surface area contributed by atoms with Gasteiger partial charge in [-0.3, -0.25) is 11.3 Å². The lowest BCUT2D eigenvalue weighted by atomic mass is 9.79. The first-order valence-electron chi connectivity index (χ1n) is 7.40. The van der Waals surface area contributed by atoms with Crippen molar-refractivity contribution in [3.05, 3.63) is 56.7 Å². The highest BCUT2D eigenvalue weighted by Gasteiger charge is 2.27. The average molecular weight is 367 g/mol. The van der Waals surface area contributed by atoms with Crippen molar-refractivity contribution in [1.29, 1.82) is 0 Å². The van der Waals surface area contributed by atoms with Crippen molar-refractivity contribution in [3.63, 3.8) is 0 Å². The standard InChI is InChI=1S/C17H23BrN2S/c1-3-12(2)17(13-7-5-4-6-8-13)15(20-19)11-16-14(18)9-10-21-16/h4-10,12,15,17,20H,3,11,19H2,1-2H3. The van der Waals surface area contributed by atoms with Crippen LogP contribution in [-0.4, -0.2) is 6.04 Å². The Morgan fingerprint density at radius 3 is 2.48 bits per heavy atom. The molecule has 21 heavy (non-hydrogen) atoms. The maximum atomic E-state index is 5.91. The molecule has 0 fully saturated rings. The lowest BCUT2D eigenvalue weighted by molar-refractivity contribution is 0.336. The van der Waals surface area contributed by atoms with Crippen LogP contribution in [0.1, 0.15) is 36.6 Å². The van der Waals surface area contributed by atoms with Gasteiger partial charge in [-0.25, -0.2) is 0 Å². The van der Waals surface area contributed by atoms with Crippen molar-refractivity contribution in [2.24, 2.45) is 11.8 Å². The number of halogens is 1. The van der Waals surface area contributed by atoms with Crippen LogP contribution >= 0.6 is 27.3 Å². The zero-order valence-electron chi connectivity index (χ0n) is 12.6. The number of rotatable bonds is 7. The number of nitrogens with one attached hydrogen (secondary N) is 1. The van der Waals surface area contributed by atoms with E-state index in [2.05, 4.69) is 77.0 Å². The topological polar surface area (TPSA) is 38.0 Å². The second-order valence-electron chi connectivity index (χ2n) is 5.49. The van der Waals surface area contributed by atoms with E-state index < -0.39 is 0 Å². The summed E-state index contributed by atoms with van der Waals surface area (Å²) in [6.07, 6.45) is 2.09. The van der Waals surface area contributed by atoms with Crippen LogP contribution in [0.5, 0.6) is 0 Å². The monoisotopic (exact) mass is 366 g/mol. The maximum Gasteiger partial charge on any atom is 0.0330 e. The van der Waals surface area contributed by atoms with Crippen molar-refractivity contribution in [2.75, 3.05) is 0 Å². The first-order chi connectivity index (χ1) is 10.2. The Morgan fingerprint density at radius 1 is 1.24 bits per heavy atom. The fraction of sp³-hybridized carbons (Fsp3) is 0.412. The van der Waals surface area contributed by atoms with Crippen LogP contribution < -0.4 is 11.3 Å². The molecular weight excluding hydrogens is 344 g/mol. The van der Waals surface area contributed by atoms with Crippen LogP contribution in [0.15, 0.2) is 46.3 Å². The molecule has 1 heterocycles. The van der Waals surface area contributed by atoms with Gasteiger partial charge < -0.3 is 0 Å². The Kier molecular flexibility index (Phi) is 6.42. The minimum absolute atomic E-state index is 0.234. The van der Waals surface area contributed by atoms with Crippen LogP contribution in [0, 0.1) is 5.92 Å². The molecule has 4 heteroatoms. The number of hydrogen-bond donors (Lipinski definition) is 2. The predicted molar refractivity (Wildman–Crippen MR) is 95.5 cm³/mol. The first-order valence-corrected chi connectivity index (χ1v) is 9.07. The molecule has 0 aliphatic carbocycles. The Morgan fingerprint density at radius 2 is 1.95 bits per heavy atom. The molecule has 114 valence electrons. The fourth-order valence-corrected chi connectivity index (χ4v) is 4.42. The van der Waals surface area contributed by atoms with Crippen molar-refractivity contribution in [2.45, 2.75) is 38.6 Å². The highest BCUT2D eigenvalue weighted by Crippen LogP contribution is 2.33. The third kappa shape index (κ3) is 4.16. The molecule has 0 saturated heterocycles. The van der Waals surface area contributed by atoms with Crippen LogP contribution in [0.2, 0.25) is 0 Å². The zero-order chi connectivity index (χ0) is 15.2. The van der Waals surface area contributed by atoms with Gasteiger partial charge in [0.25, 0.3) is 0 Å². The molecule has 3 unspecified atom stereocenters. The van der Waals surface area contributed by atoms with E-state index in [0.717, 1.165) is 12.8 Å². The maximum absolute atomic E-state index is 5.91. The minimum Gasteiger partial charge on any atom is -0.271 e. The molecule has 2 rings (SSSR count). The number of nitrogens with two attached hydrogens (primary N) is 1. The highest BCUT2D eigenvalue weighted by molar-refractivity contribution is 9.10. The molecule has 2 nitrogen and oxygen atoms in total. The van der Waals surface area contributed by atoms with Gasteiger partial charge in [-0.1, -0.05) is 50.6 Å². The summed E-state index contributed by atoms with van der Waals surface area (Å²) in [5.74, 6) is 6.90. The number of benzene rings is 1. The molecule has 0 saturated carbocycles. The summed E-state index contributed by atoms with van der Waals surface area (Å²) < 4.78 is 1.18. The first kappa shape index (κ1) is 16.7.